The van der Waals surface area contributed by atoms with Gasteiger partial charge in [-0.25, -0.2) is 0 Å². The van der Waals surface area contributed by atoms with E-state index in [4.69, 9.17) is 4.74 Å². The number of methoxy groups -OCH3 is 1. The highest BCUT2D eigenvalue weighted by Gasteiger charge is 2.27. The minimum Gasteiger partial charge on any atom is -0.497 e. The van der Waals surface area contributed by atoms with Gasteiger partial charge < -0.3 is 9.64 Å². The summed E-state index contributed by atoms with van der Waals surface area (Å²) in [4.78, 5) is 17.3. The van der Waals surface area contributed by atoms with Gasteiger partial charge in [0.15, 0.2) is 0 Å². The molecule has 0 saturated carbocycles. The zero-order valence-electron chi connectivity index (χ0n) is 17.0. The third-order valence-electron chi connectivity index (χ3n) is 5.07. The van der Waals surface area contributed by atoms with Gasteiger partial charge in [0.05, 0.1) is 12.8 Å². The SMILES string of the molecule is COc1cccc(CN2CCN(C(=O)c3cc(C(C)(C)C)nn3C)CC2)c1. The third-order valence-corrected chi connectivity index (χ3v) is 5.07. The van der Waals surface area contributed by atoms with Crippen molar-refractivity contribution in [2.75, 3.05) is 33.3 Å². The van der Waals surface area contributed by atoms with E-state index in [1.165, 1.54) is 5.56 Å². The summed E-state index contributed by atoms with van der Waals surface area (Å²) in [7, 11) is 3.54. The number of piperazine rings is 1. The Morgan fingerprint density at radius 2 is 1.85 bits per heavy atom. The Kier molecular flexibility index (Phi) is 5.56. The fourth-order valence-electron chi connectivity index (χ4n) is 3.33. The Morgan fingerprint density at radius 1 is 1.15 bits per heavy atom. The summed E-state index contributed by atoms with van der Waals surface area (Å²) < 4.78 is 7.01. The summed E-state index contributed by atoms with van der Waals surface area (Å²) in [6, 6.07) is 10.1. The van der Waals surface area contributed by atoms with Crippen LogP contribution in [0.5, 0.6) is 5.75 Å². The van der Waals surface area contributed by atoms with Crippen LogP contribution in [0.2, 0.25) is 0 Å². The second kappa shape index (κ2) is 7.72. The topological polar surface area (TPSA) is 50.6 Å². The normalized spacial score (nSPS) is 15.8. The third kappa shape index (κ3) is 4.50. The van der Waals surface area contributed by atoms with Gasteiger partial charge in [0.25, 0.3) is 5.91 Å². The number of benzene rings is 1. The van der Waals surface area contributed by atoms with Crippen LogP contribution in [-0.4, -0.2) is 58.8 Å². The number of aromatic nitrogens is 2. The van der Waals surface area contributed by atoms with Gasteiger partial charge in [-0.1, -0.05) is 32.9 Å². The fourth-order valence-corrected chi connectivity index (χ4v) is 3.33. The van der Waals surface area contributed by atoms with E-state index in [1.807, 2.05) is 30.1 Å². The molecule has 0 N–H and O–H groups in total. The van der Waals surface area contributed by atoms with Crippen molar-refractivity contribution in [3.05, 3.63) is 47.3 Å². The van der Waals surface area contributed by atoms with Crippen molar-refractivity contribution < 1.29 is 9.53 Å². The molecule has 6 nitrogen and oxygen atoms in total. The highest BCUT2D eigenvalue weighted by atomic mass is 16.5. The molecule has 1 aromatic heterocycles. The van der Waals surface area contributed by atoms with Gasteiger partial charge in [-0.05, 0) is 23.8 Å². The molecule has 146 valence electrons. The summed E-state index contributed by atoms with van der Waals surface area (Å²) in [5.74, 6) is 0.953. The maximum Gasteiger partial charge on any atom is 0.272 e. The Hall–Kier alpha value is -2.34. The Balaban J connectivity index is 1.60. The standard InChI is InChI=1S/C21H30N4O2/c1-21(2,3)19-14-18(23(4)22-19)20(26)25-11-9-24(10-12-25)15-16-7-6-8-17(13-16)27-5/h6-8,13-14H,9-12,15H2,1-5H3. The smallest absolute Gasteiger partial charge is 0.272 e. The van der Waals surface area contributed by atoms with Gasteiger partial charge in [0, 0.05) is 45.2 Å². The lowest BCUT2D eigenvalue weighted by Crippen LogP contribution is -2.48. The van der Waals surface area contributed by atoms with Gasteiger partial charge in [-0.3, -0.25) is 14.4 Å². The number of amides is 1. The summed E-state index contributed by atoms with van der Waals surface area (Å²) in [6.07, 6.45) is 0. The Bertz CT molecular complexity index is 799. The molecule has 0 bridgehead atoms. The lowest BCUT2D eigenvalue weighted by atomic mass is 9.92. The number of aryl methyl sites for hydroxylation is 1. The number of hydrogen-bond donors (Lipinski definition) is 0. The van der Waals surface area contributed by atoms with Gasteiger partial charge in [0.1, 0.15) is 11.4 Å². The van der Waals surface area contributed by atoms with Crippen molar-refractivity contribution in [1.82, 2.24) is 19.6 Å². The average molecular weight is 370 g/mol. The number of ether oxygens (including phenoxy) is 1. The lowest BCUT2D eigenvalue weighted by Gasteiger charge is -2.34. The molecule has 1 aliphatic heterocycles. The first-order valence-corrected chi connectivity index (χ1v) is 9.47. The van der Waals surface area contributed by atoms with Crippen molar-refractivity contribution in [1.29, 1.82) is 0 Å². The molecule has 1 fully saturated rings. The van der Waals surface area contributed by atoms with Crippen molar-refractivity contribution in [2.24, 2.45) is 7.05 Å². The van der Waals surface area contributed by atoms with Gasteiger partial charge in [-0.15, -0.1) is 0 Å². The fraction of sp³-hybridized carbons (Fsp3) is 0.524. The van der Waals surface area contributed by atoms with Crippen LogP contribution in [0.1, 0.15) is 42.5 Å². The largest absolute Gasteiger partial charge is 0.497 e. The number of rotatable bonds is 4. The molecule has 1 saturated heterocycles. The molecule has 1 amide bonds. The number of nitrogens with zero attached hydrogens (tertiary/aromatic N) is 4. The van der Waals surface area contributed by atoms with Crippen LogP contribution in [0.4, 0.5) is 0 Å². The van der Waals surface area contributed by atoms with Crippen molar-refractivity contribution in [3.63, 3.8) is 0 Å². The molecule has 0 aliphatic carbocycles. The maximum atomic E-state index is 12.9. The molecule has 1 aromatic carbocycles. The molecule has 0 atom stereocenters. The molecule has 6 heteroatoms. The molecule has 2 heterocycles. The summed E-state index contributed by atoms with van der Waals surface area (Å²) >= 11 is 0. The van der Waals surface area contributed by atoms with Crippen molar-refractivity contribution in [2.45, 2.75) is 32.7 Å². The Labute approximate surface area is 161 Å². The van der Waals surface area contributed by atoms with Crippen LogP contribution in [0.3, 0.4) is 0 Å². The maximum absolute atomic E-state index is 12.9. The van der Waals surface area contributed by atoms with Gasteiger partial charge >= 0.3 is 0 Å². The van der Waals surface area contributed by atoms with Gasteiger partial charge in [0.2, 0.25) is 0 Å². The number of hydrogen-bond acceptors (Lipinski definition) is 4. The zero-order valence-corrected chi connectivity index (χ0v) is 17.0. The Morgan fingerprint density at radius 3 is 2.44 bits per heavy atom. The second-order valence-corrected chi connectivity index (χ2v) is 8.21. The summed E-state index contributed by atoms with van der Waals surface area (Å²) in [5.41, 5.74) is 2.79. The minimum absolute atomic E-state index is 0.0638. The minimum atomic E-state index is -0.0638. The lowest BCUT2D eigenvalue weighted by molar-refractivity contribution is 0.0617. The molecule has 0 spiro atoms. The quantitative estimate of drug-likeness (QED) is 0.830. The van der Waals surface area contributed by atoms with E-state index < -0.39 is 0 Å². The van der Waals surface area contributed by atoms with E-state index in [2.05, 4.69) is 42.9 Å². The average Bonchev–Trinajstić information content (AvgIpc) is 3.04. The first kappa shape index (κ1) is 19.4. The highest BCUT2D eigenvalue weighted by Crippen LogP contribution is 2.22. The van der Waals surface area contributed by atoms with Crippen molar-refractivity contribution in [3.8, 4) is 5.75 Å². The van der Waals surface area contributed by atoms with E-state index in [1.54, 1.807) is 11.8 Å². The number of carbonyl (C=O) groups is 1. The predicted molar refractivity (Wildman–Crippen MR) is 106 cm³/mol. The van der Waals surface area contributed by atoms with Crippen LogP contribution in [-0.2, 0) is 19.0 Å². The molecular formula is C21H30N4O2. The van der Waals surface area contributed by atoms with Crippen LogP contribution in [0.15, 0.2) is 30.3 Å². The molecule has 3 rings (SSSR count). The second-order valence-electron chi connectivity index (χ2n) is 8.21. The monoisotopic (exact) mass is 370 g/mol. The van der Waals surface area contributed by atoms with E-state index in [0.29, 0.717) is 5.69 Å². The van der Waals surface area contributed by atoms with Crippen LogP contribution < -0.4 is 4.74 Å². The highest BCUT2D eigenvalue weighted by molar-refractivity contribution is 5.92. The van der Waals surface area contributed by atoms with Crippen molar-refractivity contribution >= 4 is 5.91 Å². The molecule has 1 aliphatic rings. The van der Waals surface area contributed by atoms with E-state index in [-0.39, 0.29) is 11.3 Å². The van der Waals surface area contributed by atoms with E-state index in [0.717, 1.165) is 44.2 Å². The first-order valence-electron chi connectivity index (χ1n) is 9.47. The summed E-state index contributed by atoms with van der Waals surface area (Å²) in [5, 5.41) is 4.53. The molecule has 0 unspecified atom stereocenters. The predicted octanol–water partition coefficient (Wildman–Crippen LogP) is 2.68. The van der Waals surface area contributed by atoms with Gasteiger partial charge in [-0.2, -0.15) is 5.10 Å². The van der Waals surface area contributed by atoms with E-state index >= 15 is 0 Å². The van der Waals surface area contributed by atoms with Crippen LogP contribution in [0.25, 0.3) is 0 Å². The molecular weight excluding hydrogens is 340 g/mol. The van der Waals surface area contributed by atoms with Crippen LogP contribution in [0, 0.1) is 0 Å². The summed E-state index contributed by atoms with van der Waals surface area (Å²) in [6.45, 7) is 10.4. The molecule has 27 heavy (non-hydrogen) atoms. The first-order chi connectivity index (χ1) is 12.8. The molecule has 2 aromatic rings. The zero-order chi connectivity index (χ0) is 19.6. The van der Waals surface area contributed by atoms with Crippen LogP contribution >= 0.6 is 0 Å². The number of carbonyl (C=O) groups excluding carboxylic acids is 1. The van der Waals surface area contributed by atoms with E-state index in [9.17, 15) is 4.79 Å². The molecule has 0 radical (unpaired) electrons.